The van der Waals surface area contributed by atoms with Gasteiger partial charge >= 0.3 is 0 Å². The highest BCUT2D eigenvalue weighted by Crippen LogP contribution is 2.29. The normalized spacial score (nSPS) is 20.1. The van der Waals surface area contributed by atoms with Crippen LogP contribution in [0.4, 0.5) is 4.39 Å². The highest BCUT2D eigenvalue weighted by atomic mass is 19.1. The molecule has 124 valence electrons. The Morgan fingerprint density at radius 3 is 2.43 bits per heavy atom. The van der Waals surface area contributed by atoms with Crippen LogP contribution in [0.1, 0.15) is 37.7 Å². The van der Waals surface area contributed by atoms with Crippen LogP contribution in [0.25, 0.3) is 0 Å². The molecule has 1 saturated carbocycles. The summed E-state index contributed by atoms with van der Waals surface area (Å²) in [6.45, 7) is 0.643. The Kier molecular flexibility index (Phi) is 4.64. The molecule has 1 aromatic rings. The van der Waals surface area contributed by atoms with Gasteiger partial charge in [-0.2, -0.15) is 0 Å². The van der Waals surface area contributed by atoms with Crippen molar-refractivity contribution in [1.82, 2.24) is 10.2 Å². The molecule has 4 nitrogen and oxygen atoms in total. The third kappa shape index (κ3) is 4.09. The van der Waals surface area contributed by atoms with Crippen LogP contribution in [0.5, 0.6) is 0 Å². The standard InChI is InChI=1S/C18H23FN2O2/c19-18(17(23)20-15-7-8-15)10-12-21(13-11-18)16(22)9-6-14-4-2-1-3-5-14/h1-5,15H,6-13H2,(H,20,23). The minimum atomic E-state index is -1.81. The van der Waals surface area contributed by atoms with E-state index in [4.69, 9.17) is 0 Å². The van der Waals surface area contributed by atoms with Crippen LogP contribution in [0.2, 0.25) is 0 Å². The van der Waals surface area contributed by atoms with E-state index in [1.54, 1.807) is 4.90 Å². The Morgan fingerprint density at radius 1 is 1.17 bits per heavy atom. The Hall–Kier alpha value is -1.91. The van der Waals surface area contributed by atoms with Crippen molar-refractivity contribution in [1.29, 1.82) is 0 Å². The molecule has 0 spiro atoms. The van der Waals surface area contributed by atoms with E-state index in [1.165, 1.54) is 0 Å². The molecule has 2 fully saturated rings. The molecule has 3 rings (SSSR count). The molecule has 23 heavy (non-hydrogen) atoms. The van der Waals surface area contributed by atoms with E-state index in [0.29, 0.717) is 25.9 Å². The first kappa shape index (κ1) is 16.0. The van der Waals surface area contributed by atoms with Crippen molar-refractivity contribution < 1.29 is 14.0 Å². The minimum absolute atomic E-state index is 0.0403. The Balaban J connectivity index is 1.46. The molecule has 0 radical (unpaired) electrons. The molecular weight excluding hydrogens is 295 g/mol. The number of rotatable bonds is 5. The molecule has 2 aliphatic rings. The second kappa shape index (κ2) is 6.69. The quantitative estimate of drug-likeness (QED) is 0.905. The summed E-state index contributed by atoms with van der Waals surface area (Å²) in [6, 6.07) is 10.0. The van der Waals surface area contributed by atoms with Crippen molar-refractivity contribution in [2.45, 2.75) is 50.2 Å². The maximum atomic E-state index is 14.7. The van der Waals surface area contributed by atoms with Gasteiger partial charge in [0.25, 0.3) is 5.91 Å². The minimum Gasteiger partial charge on any atom is -0.351 e. The first-order chi connectivity index (χ1) is 11.1. The SMILES string of the molecule is O=C(CCc1ccccc1)N1CCC(F)(C(=O)NC2CC2)CC1. The van der Waals surface area contributed by atoms with Gasteiger partial charge in [0.2, 0.25) is 5.91 Å². The fourth-order valence-electron chi connectivity index (χ4n) is 2.93. The molecule has 1 heterocycles. The van der Waals surface area contributed by atoms with E-state index < -0.39 is 11.6 Å². The van der Waals surface area contributed by atoms with Gasteiger partial charge in [0.1, 0.15) is 0 Å². The zero-order chi connectivity index (χ0) is 16.3. The van der Waals surface area contributed by atoms with Gasteiger partial charge < -0.3 is 10.2 Å². The summed E-state index contributed by atoms with van der Waals surface area (Å²) in [5, 5.41) is 2.74. The van der Waals surface area contributed by atoms with Gasteiger partial charge in [-0.25, -0.2) is 4.39 Å². The molecule has 1 aromatic carbocycles. The number of piperidine rings is 1. The van der Waals surface area contributed by atoms with E-state index in [-0.39, 0.29) is 24.8 Å². The first-order valence-corrected chi connectivity index (χ1v) is 8.38. The maximum absolute atomic E-state index is 14.7. The van der Waals surface area contributed by atoms with Gasteiger partial charge in [-0.05, 0) is 24.8 Å². The Labute approximate surface area is 136 Å². The number of hydrogen-bond donors (Lipinski definition) is 1. The number of likely N-dealkylation sites (tertiary alicyclic amines) is 1. The van der Waals surface area contributed by atoms with Crippen molar-refractivity contribution in [3.63, 3.8) is 0 Å². The fraction of sp³-hybridized carbons (Fsp3) is 0.556. The lowest BCUT2D eigenvalue weighted by molar-refractivity contribution is -0.142. The summed E-state index contributed by atoms with van der Waals surface area (Å²) in [4.78, 5) is 25.9. The monoisotopic (exact) mass is 318 g/mol. The lowest BCUT2D eigenvalue weighted by atomic mass is 9.92. The molecule has 2 amide bonds. The summed E-state index contributed by atoms with van der Waals surface area (Å²) < 4.78 is 14.7. The van der Waals surface area contributed by atoms with Gasteiger partial charge in [0, 0.05) is 38.4 Å². The van der Waals surface area contributed by atoms with E-state index in [2.05, 4.69) is 5.32 Å². The zero-order valence-electron chi connectivity index (χ0n) is 13.3. The van der Waals surface area contributed by atoms with Crippen LogP contribution in [0.3, 0.4) is 0 Å². The number of benzene rings is 1. The van der Waals surface area contributed by atoms with Crippen molar-refractivity contribution in [2.24, 2.45) is 0 Å². The third-order valence-corrected chi connectivity index (χ3v) is 4.70. The number of alkyl halides is 1. The Bertz CT molecular complexity index is 564. The summed E-state index contributed by atoms with van der Waals surface area (Å²) in [7, 11) is 0. The molecule has 0 atom stereocenters. The van der Waals surface area contributed by atoms with Crippen LogP contribution in [0, 0.1) is 0 Å². The van der Waals surface area contributed by atoms with Crippen LogP contribution >= 0.6 is 0 Å². The van der Waals surface area contributed by atoms with Crippen molar-refractivity contribution in [3.05, 3.63) is 35.9 Å². The van der Waals surface area contributed by atoms with E-state index in [0.717, 1.165) is 18.4 Å². The van der Waals surface area contributed by atoms with Crippen molar-refractivity contribution >= 4 is 11.8 Å². The van der Waals surface area contributed by atoms with E-state index >= 15 is 0 Å². The van der Waals surface area contributed by atoms with Crippen LogP contribution in [0.15, 0.2) is 30.3 Å². The number of carbonyl (C=O) groups is 2. The van der Waals surface area contributed by atoms with E-state index in [1.807, 2.05) is 30.3 Å². The van der Waals surface area contributed by atoms with Gasteiger partial charge in [0.15, 0.2) is 5.67 Å². The molecule has 0 unspecified atom stereocenters. The van der Waals surface area contributed by atoms with Gasteiger partial charge in [-0.1, -0.05) is 30.3 Å². The molecule has 5 heteroatoms. The van der Waals surface area contributed by atoms with Crippen LogP contribution < -0.4 is 5.32 Å². The number of carbonyl (C=O) groups excluding carboxylic acids is 2. The summed E-state index contributed by atoms with van der Waals surface area (Å²) >= 11 is 0. The predicted molar refractivity (Wildman–Crippen MR) is 85.6 cm³/mol. The van der Waals surface area contributed by atoms with Crippen LogP contribution in [-0.2, 0) is 16.0 Å². The van der Waals surface area contributed by atoms with Gasteiger partial charge in [0.05, 0.1) is 0 Å². The number of nitrogens with zero attached hydrogens (tertiary/aromatic N) is 1. The molecule has 1 aliphatic heterocycles. The molecule has 0 aromatic heterocycles. The smallest absolute Gasteiger partial charge is 0.258 e. The zero-order valence-corrected chi connectivity index (χ0v) is 13.3. The average molecular weight is 318 g/mol. The summed E-state index contributed by atoms with van der Waals surface area (Å²) in [5.41, 5.74) is -0.680. The third-order valence-electron chi connectivity index (χ3n) is 4.70. The van der Waals surface area contributed by atoms with Crippen LogP contribution in [-0.4, -0.2) is 41.5 Å². The molecular formula is C18H23FN2O2. The lowest BCUT2D eigenvalue weighted by Crippen LogP contribution is -2.52. The highest BCUT2D eigenvalue weighted by Gasteiger charge is 2.44. The van der Waals surface area contributed by atoms with Gasteiger partial charge in [-0.3, -0.25) is 9.59 Å². The largest absolute Gasteiger partial charge is 0.351 e. The number of hydrogen-bond acceptors (Lipinski definition) is 2. The summed E-state index contributed by atoms with van der Waals surface area (Å²) in [6.07, 6.45) is 3.22. The fourth-order valence-corrected chi connectivity index (χ4v) is 2.93. The lowest BCUT2D eigenvalue weighted by Gasteiger charge is -2.35. The molecule has 0 bridgehead atoms. The number of amides is 2. The Morgan fingerprint density at radius 2 is 1.83 bits per heavy atom. The maximum Gasteiger partial charge on any atom is 0.258 e. The average Bonchev–Trinajstić information content (AvgIpc) is 3.38. The van der Waals surface area contributed by atoms with E-state index in [9.17, 15) is 14.0 Å². The second-order valence-corrected chi connectivity index (χ2v) is 6.58. The number of aryl methyl sites for hydroxylation is 1. The topological polar surface area (TPSA) is 49.4 Å². The molecule has 1 aliphatic carbocycles. The summed E-state index contributed by atoms with van der Waals surface area (Å²) in [5.74, 6) is -0.449. The first-order valence-electron chi connectivity index (χ1n) is 8.38. The van der Waals surface area contributed by atoms with Crippen molar-refractivity contribution in [2.75, 3.05) is 13.1 Å². The van der Waals surface area contributed by atoms with Gasteiger partial charge in [-0.15, -0.1) is 0 Å². The predicted octanol–water partition coefficient (Wildman–Crippen LogP) is 2.23. The number of halogens is 1. The number of nitrogens with one attached hydrogen (secondary N) is 1. The molecule has 1 N–H and O–H groups in total. The second-order valence-electron chi connectivity index (χ2n) is 6.58. The molecule has 1 saturated heterocycles. The highest BCUT2D eigenvalue weighted by molar-refractivity contribution is 5.86. The van der Waals surface area contributed by atoms with Crippen molar-refractivity contribution in [3.8, 4) is 0 Å².